The monoisotopic (exact) mass is 312 g/mol. The van der Waals surface area contributed by atoms with Crippen molar-refractivity contribution in [1.29, 1.82) is 0 Å². The van der Waals surface area contributed by atoms with E-state index in [0.29, 0.717) is 24.4 Å². The average molecular weight is 312 g/mol. The smallest absolute Gasteiger partial charge is 0.411 e. The first-order valence-corrected chi connectivity index (χ1v) is 7.26. The van der Waals surface area contributed by atoms with Gasteiger partial charge in [0, 0.05) is 19.4 Å². The minimum absolute atomic E-state index is 0.0343. The van der Waals surface area contributed by atoms with Gasteiger partial charge in [-0.15, -0.1) is 5.06 Å². The average Bonchev–Trinajstić information content (AvgIpc) is 2.98. The van der Waals surface area contributed by atoms with Crippen LogP contribution in [0.1, 0.15) is 46.5 Å². The first-order valence-electron chi connectivity index (χ1n) is 7.26. The summed E-state index contributed by atoms with van der Waals surface area (Å²) in [6, 6.07) is -0.837. The number of hydroxylamine groups is 2. The fourth-order valence-electron chi connectivity index (χ4n) is 2.36. The zero-order chi connectivity index (χ0) is 16.5. The van der Waals surface area contributed by atoms with Gasteiger partial charge in [-0.25, -0.2) is 9.59 Å². The van der Waals surface area contributed by atoms with E-state index in [1.54, 1.807) is 20.8 Å². The summed E-state index contributed by atoms with van der Waals surface area (Å²) in [6.45, 7) is 5.57. The number of nitrogens with zero attached hydrogens (tertiary/aromatic N) is 2. The maximum atomic E-state index is 12.2. The zero-order valence-electron chi connectivity index (χ0n) is 13.0. The highest BCUT2D eigenvalue weighted by atomic mass is 16.7. The van der Waals surface area contributed by atoms with Crippen molar-refractivity contribution in [2.24, 2.45) is 0 Å². The van der Waals surface area contributed by atoms with Gasteiger partial charge in [0.25, 0.3) is 11.8 Å². The van der Waals surface area contributed by atoms with Gasteiger partial charge < -0.3 is 9.57 Å². The number of carbonyl (C=O) groups excluding carboxylic acids is 4. The number of rotatable bonds is 2. The lowest BCUT2D eigenvalue weighted by Crippen LogP contribution is -2.46. The van der Waals surface area contributed by atoms with Crippen molar-refractivity contribution in [3.05, 3.63) is 0 Å². The Labute approximate surface area is 128 Å². The molecule has 2 saturated heterocycles. The van der Waals surface area contributed by atoms with Crippen LogP contribution in [0.4, 0.5) is 4.79 Å². The second-order valence-electron chi connectivity index (χ2n) is 6.32. The first kappa shape index (κ1) is 16.3. The molecule has 2 rings (SSSR count). The Kier molecular flexibility index (Phi) is 4.39. The molecule has 0 aliphatic carbocycles. The molecule has 2 aliphatic heterocycles. The molecule has 3 amide bonds. The van der Waals surface area contributed by atoms with Gasteiger partial charge in [-0.05, 0) is 33.6 Å². The van der Waals surface area contributed by atoms with Crippen molar-refractivity contribution >= 4 is 23.9 Å². The van der Waals surface area contributed by atoms with E-state index in [2.05, 4.69) is 0 Å². The van der Waals surface area contributed by atoms with E-state index >= 15 is 0 Å². The highest BCUT2D eigenvalue weighted by Gasteiger charge is 2.41. The number of imide groups is 1. The summed E-state index contributed by atoms with van der Waals surface area (Å²) in [4.78, 5) is 53.3. The molecule has 122 valence electrons. The van der Waals surface area contributed by atoms with E-state index in [1.807, 2.05) is 0 Å². The van der Waals surface area contributed by atoms with Gasteiger partial charge in [0.05, 0.1) is 0 Å². The normalized spacial score (nSPS) is 22.2. The maximum Gasteiger partial charge on any atom is 0.411 e. The molecule has 1 atom stereocenters. The number of ether oxygens (including phenoxy) is 1. The van der Waals surface area contributed by atoms with Crippen molar-refractivity contribution in [1.82, 2.24) is 9.96 Å². The third-order valence-electron chi connectivity index (χ3n) is 3.34. The molecule has 0 bridgehead atoms. The Balaban J connectivity index is 2.00. The lowest BCUT2D eigenvalue weighted by Gasteiger charge is -2.28. The molecule has 22 heavy (non-hydrogen) atoms. The van der Waals surface area contributed by atoms with E-state index in [4.69, 9.17) is 9.57 Å². The summed E-state index contributed by atoms with van der Waals surface area (Å²) < 4.78 is 5.25. The standard InChI is InChI=1S/C14H20N2O6/c1-14(2,3)21-13(20)15-8-4-5-9(15)12(19)22-16-10(17)6-7-11(16)18/h9H,4-8H2,1-3H3. The van der Waals surface area contributed by atoms with Crippen molar-refractivity contribution in [2.75, 3.05) is 6.54 Å². The van der Waals surface area contributed by atoms with Crippen LogP contribution in [0.15, 0.2) is 0 Å². The highest BCUT2D eigenvalue weighted by Crippen LogP contribution is 2.23. The predicted molar refractivity (Wildman–Crippen MR) is 73.1 cm³/mol. The Morgan fingerprint density at radius 2 is 1.73 bits per heavy atom. The van der Waals surface area contributed by atoms with Crippen LogP contribution in [0.5, 0.6) is 0 Å². The number of hydrogen-bond donors (Lipinski definition) is 0. The molecule has 2 fully saturated rings. The molecule has 0 spiro atoms. The minimum atomic E-state index is -0.837. The minimum Gasteiger partial charge on any atom is -0.444 e. The first-order chi connectivity index (χ1) is 10.2. The Morgan fingerprint density at radius 3 is 2.27 bits per heavy atom. The van der Waals surface area contributed by atoms with Crippen LogP contribution in [0.2, 0.25) is 0 Å². The van der Waals surface area contributed by atoms with Crippen LogP contribution in [0, 0.1) is 0 Å². The van der Waals surface area contributed by atoms with Gasteiger partial charge in [-0.1, -0.05) is 0 Å². The van der Waals surface area contributed by atoms with Gasteiger partial charge in [-0.3, -0.25) is 14.5 Å². The van der Waals surface area contributed by atoms with E-state index in [1.165, 1.54) is 4.90 Å². The van der Waals surface area contributed by atoms with E-state index in [0.717, 1.165) is 0 Å². The molecule has 0 aromatic carbocycles. The van der Waals surface area contributed by atoms with Crippen LogP contribution >= 0.6 is 0 Å². The molecule has 2 aliphatic rings. The topological polar surface area (TPSA) is 93.2 Å². The van der Waals surface area contributed by atoms with Gasteiger partial charge in [0.15, 0.2) is 0 Å². The molecular weight excluding hydrogens is 292 g/mol. The SMILES string of the molecule is CC(C)(C)OC(=O)N1CCCC1C(=O)ON1C(=O)CCC1=O. The summed E-state index contributed by atoms with van der Waals surface area (Å²) in [5.41, 5.74) is -0.672. The Bertz CT molecular complexity index is 494. The molecule has 0 radical (unpaired) electrons. The van der Waals surface area contributed by atoms with Crippen LogP contribution in [0.25, 0.3) is 0 Å². The number of likely N-dealkylation sites (tertiary alicyclic amines) is 1. The lowest BCUT2D eigenvalue weighted by molar-refractivity contribution is -0.200. The fraction of sp³-hybridized carbons (Fsp3) is 0.714. The van der Waals surface area contributed by atoms with E-state index in [9.17, 15) is 19.2 Å². The summed E-state index contributed by atoms with van der Waals surface area (Å²) in [7, 11) is 0. The van der Waals surface area contributed by atoms with Crippen molar-refractivity contribution < 1.29 is 28.8 Å². The van der Waals surface area contributed by atoms with Crippen LogP contribution in [0.3, 0.4) is 0 Å². The zero-order valence-corrected chi connectivity index (χ0v) is 13.0. The second kappa shape index (κ2) is 5.94. The Hall–Kier alpha value is -2.12. The molecule has 1 unspecified atom stereocenters. The molecule has 8 nitrogen and oxygen atoms in total. The quantitative estimate of drug-likeness (QED) is 0.706. The Morgan fingerprint density at radius 1 is 1.14 bits per heavy atom. The van der Waals surface area contributed by atoms with E-state index in [-0.39, 0.29) is 12.8 Å². The van der Waals surface area contributed by atoms with Crippen molar-refractivity contribution in [3.63, 3.8) is 0 Å². The summed E-state index contributed by atoms with van der Waals surface area (Å²) in [5.74, 6) is -1.87. The summed E-state index contributed by atoms with van der Waals surface area (Å²) in [6.07, 6.45) is 0.500. The fourth-order valence-corrected chi connectivity index (χ4v) is 2.36. The van der Waals surface area contributed by atoms with Crippen LogP contribution in [-0.4, -0.2) is 52.0 Å². The lowest BCUT2D eigenvalue weighted by atomic mass is 10.2. The predicted octanol–water partition coefficient (Wildman–Crippen LogP) is 0.993. The molecule has 0 N–H and O–H groups in total. The van der Waals surface area contributed by atoms with Crippen LogP contribution in [-0.2, 0) is 24.0 Å². The second-order valence-corrected chi connectivity index (χ2v) is 6.32. The highest BCUT2D eigenvalue weighted by molar-refractivity contribution is 6.01. The number of carbonyl (C=O) groups is 4. The number of amides is 3. The largest absolute Gasteiger partial charge is 0.444 e. The summed E-state index contributed by atoms with van der Waals surface area (Å²) >= 11 is 0. The van der Waals surface area contributed by atoms with Gasteiger partial charge in [0.2, 0.25) is 0 Å². The van der Waals surface area contributed by atoms with Gasteiger partial charge in [-0.2, -0.15) is 0 Å². The van der Waals surface area contributed by atoms with Gasteiger partial charge in [0.1, 0.15) is 11.6 Å². The molecule has 0 aromatic rings. The van der Waals surface area contributed by atoms with Crippen molar-refractivity contribution in [2.45, 2.75) is 58.1 Å². The third kappa shape index (κ3) is 3.55. The van der Waals surface area contributed by atoms with Crippen LogP contribution < -0.4 is 0 Å². The third-order valence-corrected chi connectivity index (χ3v) is 3.34. The molecule has 8 heteroatoms. The summed E-state index contributed by atoms with van der Waals surface area (Å²) in [5, 5.41) is 0.494. The molecule has 2 heterocycles. The molecular formula is C14H20N2O6. The molecule has 0 saturated carbocycles. The van der Waals surface area contributed by atoms with Crippen molar-refractivity contribution in [3.8, 4) is 0 Å². The van der Waals surface area contributed by atoms with Gasteiger partial charge >= 0.3 is 12.1 Å². The van der Waals surface area contributed by atoms with E-state index < -0.39 is 35.5 Å². The number of hydrogen-bond acceptors (Lipinski definition) is 6. The molecule has 0 aromatic heterocycles. The maximum absolute atomic E-state index is 12.2.